The summed E-state index contributed by atoms with van der Waals surface area (Å²) in [5.74, 6) is 0.249. The van der Waals surface area contributed by atoms with Gasteiger partial charge in [-0.05, 0) is 36.5 Å². The second-order valence-corrected chi connectivity index (χ2v) is 6.19. The van der Waals surface area contributed by atoms with Gasteiger partial charge in [0.05, 0.1) is 12.0 Å². The van der Waals surface area contributed by atoms with Gasteiger partial charge in [-0.25, -0.2) is 0 Å². The highest BCUT2D eigenvalue weighted by Gasteiger charge is 2.93. The van der Waals surface area contributed by atoms with Crippen molar-refractivity contribution in [1.82, 2.24) is 0 Å². The number of aliphatic hydroxyl groups excluding tert-OH is 1. The smallest absolute Gasteiger partial charge is 0.396 e. The number of allylic oxidation sites excluding steroid dienone is 2. The molecular weight excluding hydrogens is 229 g/mol. The molecule has 0 bridgehead atoms. The minimum atomic E-state index is -4.20. The highest BCUT2D eigenvalue weighted by Crippen LogP contribution is 2.90. The van der Waals surface area contributed by atoms with Crippen molar-refractivity contribution in [1.29, 1.82) is 0 Å². The first-order valence-corrected chi connectivity index (χ1v) is 6.37. The highest BCUT2D eigenvalue weighted by molar-refractivity contribution is 5.45. The summed E-state index contributed by atoms with van der Waals surface area (Å²) in [6.07, 6.45) is 1.98. The minimum absolute atomic E-state index is 0.0216. The summed E-state index contributed by atoms with van der Waals surface area (Å²) >= 11 is 0. The Bertz CT molecular complexity index is 415. The van der Waals surface area contributed by atoms with Crippen LogP contribution in [0.5, 0.6) is 0 Å². The Balaban J connectivity index is 1.86. The predicted molar refractivity (Wildman–Crippen MR) is 55.0 cm³/mol. The standard InChI is InChI=1S/C13H15F3O/c14-13(15,16)12-5-4-9-7-2-1-3-8(7)10(12)11(9,12)6-17/h4-5,7-10,17H,1-3,6H2/t7-,8+,9?,10+,11-,12?/m0/s1. The van der Waals surface area contributed by atoms with Crippen molar-refractivity contribution in [2.45, 2.75) is 25.4 Å². The molecule has 0 aromatic heterocycles. The molecule has 0 heterocycles. The molecule has 0 saturated heterocycles. The van der Waals surface area contributed by atoms with E-state index in [9.17, 15) is 18.3 Å². The van der Waals surface area contributed by atoms with Crippen LogP contribution in [0, 0.1) is 34.5 Å². The number of hydrogen-bond donors (Lipinski definition) is 1. The molecule has 0 aliphatic heterocycles. The predicted octanol–water partition coefficient (Wildman–Crippen LogP) is 2.76. The van der Waals surface area contributed by atoms with Crippen LogP contribution in [0.3, 0.4) is 0 Å². The molecule has 94 valence electrons. The maximum Gasteiger partial charge on any atom is 0.398 e. The zero-order chi connectivity index (χ0) is 12.1. The Morgan fingerprint density at radius 2 is 1.94 bits per heavy atom. The average molecular weight is 244 g/mol. The van der Waals surface area contributed by atoms with Crippen LogP contribution in [-0.2, 0) is 0 Å². The van der Waals surface area contributed by atoms with Crippen molar-refractivity contribution in [2.75, 3.05) is 6.61 Å². The van der Waals surface area contributed by atoms with Crippen LogP contribution < -0.4 is 0 Å². The summed E-state index contributed by atoms with van der Waals surface area (Å²) in [7, 11) is 0. The Labute approximate surface area is 97.7 Å². The van der Waals surface area contributed by atoms with Crippen molar-refractivity contribution in [3.8, 4) is 0 Å². The zero-order valence-corrected chi connectivity index (χ0v) is 9.37. The lowest BCUT2D eigenvalue weighted by Crippen LogP contribution is -2.35. The van der Waals surface area contributed by atoms with Gasteiger partial charge < -0.3 is 5.11 Å². The van der Waals surface area contributed by atoms with Crippen LogP contribution in [0.15, 0.2) is 12.2 Å². The fourth-order valence-corrected chi connectivity index (χ4v) is 5.78. The van der Waals surface area contributed by atoms with E-state index in [0.717, 1.165) is 19.3 Å². The van der Waals surface area contributed by atoms with E-state index in [1.165, 1.54) is 6.08 Å². The van der Waals surface area contributed by atoms with E-state index >= 15 is 0 Å². The van der Waals surface area contributed by atoms with Gasteiger partial charge in [-0.1, -0.05) is 18.6 Å². The maximum atomic E-state index is 13.4. The molecule has 3 fully saturated rings. The number of alkyl halides is 3. The molecule has 1 nitrogen and oxygen atoms in total. The largest absolute Gasteiger partial charge is 0.398 e. The van der Waals surface area contributed by atoms with Gasteiger partial charge >= 0.3 is 6.18 Å². The fraction of sp³-hybridized carbons (Fsp3) is 0.846. The molecule has 2 unspecified atom stereocenters. The molecule has 0 spiro atoms. The summed E-state index contributed by atoms with van der Waals surface area (Å²) < 4.78 is 40.1. The minimum Gasteiger partial charge on any atom is -0.396 e. The van der Waals surface area contributed by atoms with Crippen LogP contribution >= 0.6 is 0 Å². The summed E-state index contributed by atoms with van der Waals surface area (Å²) in [4.78, 5) is 0. The number of hydrogen-bond acceptors (Lipinski definition) is 1. The number of fused-ring (bicyclic) bond motifs is 4. The van der Waals surface area contributed by atoms with Gasteiger partial charge in [-0.15, -0.1) is 0 Å². The summed E-state index contributed by atoms with van der Waals surface area (Å²) in [5.41, 5.74) is -2.55. The van der Waals surface area contributed by atoms with Crippen molar-refractivity contribution in [2.24, 2.45) is 34.5 Å². The number of aliphatic hydroxyl groups is 1. The van der Waals surface area contributed by atoms with E-state index < -0.39 is 17.0 Å². The highest BCUT2D eigenvalue weighted by atomic mass is 19.4. The molecule has 4 aliphatic rings. The van der Waals surface area contributed by atoms with Gasteiger partial charge in [0.25, 0.3) is 0 Å². The monoisotopic (exact) mass is 244 g/mol. The lowest BCUT2D eigenvalue weighted by Gasteiger charge is -2.29. The summed E-state index contributed by atoms with van der Waals surface area (Å²) in [6, 6.07) is 0. The van der Waals surface area contributed by atoms with E-state index in [-0.39, 0.29) is 24.4 Å². The van der Waals surface area contributed by atoms with E-state index in [2.05, 4.69) is 0 Å². The van der Waals surface area contributed by atoms with Crippen LogP contribution in [0.2, 0.25) is 0 Å². The molecule has 3 saturated carbocycles. The van der Waals surface area contributed by atoms with Gasteiger partial charge in [0.2, 0.25) is 0 Å². The quantitative estimate of drug-likeness (QED) is 0.703. The Morgan fingerprint density at radius 3 is 2.59 bits per heavy atom. The molecule has 0 amide bonds. The van der Waals surface area contributed by atoms with Gasteiger partial charge in [0, 0.05) is 5.41 Å². The second kappa shape index (κ2) is 2.58. The molecule has 0 aromatic rings. The van der Waals surface area contributed by atoms with Crippen LogP contribution in [0.1, 0.15) is 19.3 Å². The molecule has 4 rings (SSSR count). The van der Waals surface area contributed by atoms with Gasteiger partial charge in [-0.3, -0.25) is 0 Å². The summed E-state index contributed by atoms with van der Waals surface area (Å²) in [6.45, 7) is -0.304. The third-order valence-corrected chi connectivity index (χ3v) is 6.14. The van der Waals surface area contributed by atoms with Crippen LogP contribution in [-0.4, -0.2) is 17.9 Å². The molecule has 4 heteroatoms. The summed E-state index contributed by atoms with van der Waals surface area (Å²) in [5, 5.41) is 9.59. The Kier molecular flexibility index (Phi) is 1.58. The molecule has 17 heavy (non-hydrogen) atoms. The normalized spacial score (nSPS) is 58.4. The number of rotatable bonds is 1. The van der Waals surface area contributed by atoms with Crippen molar-refractivity contribution in [3.63, 3.8) is 0 Å². The molecule has 0 aromatic carbocycles. The number of halogens is 3. The van der Waals surface area contributed by atoms with Crippen molar-refractivity contribution in [3.05, 3.63) is 12.2 Å². The Morgan fingerprint density at radius 1 is 1.24 bits per heavy atom. The van der Waals surface area contributed by atoms with Gasteiger partial charge in [-0.2, -0.15) is 13.2 Å². The molecule has 1 N–H and O–H groups in total. The molecule has 6 atom stereocenters. The van der Waals surface area contributed by atoms with E-state index in [1.54, 1.807) is 6.08 Å². The van der Waals surface area contributed by atoms with E-state index in [4.69, 9.17) is 0 Å². The topological polar surface area (TPSA) is 20.2 Å². The molecule has 4 aliphatic carbocycles. The average Bonchev–Trinajstić information content (AvgIpc) is 2.60. The SMILES string of the molecule is OC[C@@]12C3C=CC1(C(F)(F)F)[C@@H]2[C@@H]1CCC[C@H]31. The molecule has 0 radical (unpaired) electrons. The molecular formula is C13H15F3O. The van der Waals surface area contributed by atoms with Crippen molar-refractivity contribution >= 4 is 0 Å². The third kappa shape index (κ3) is 0.770. The Hall–Kier alpha value is -0.510. The maximum absolute atomic E-state index is 13.4. The second-order valence-electron chi connectivity index (χ2n) is 6.19. The van der Waals surface area contributed by atoms with Gasteiger partial charge in [0.1, 0.15) is 0 Å². The lowest BCUT2D eigenvalue weighted by molar-refractivity contribution is -0.192. The van der Waals surface area contributed by atoms with Gasteiger partial charge in [0.15, 0.2) is 0 Å². The van der Waals surface area contributed by atoms with Crippen LogP contribution in [0.25, 0.3) is 0 Å². The lowest BCUT2D eigenvalue weighted by atomic mass is 9.78. The zero-order valence-electron chi connectivity index (χ0n) is 9.37. The van der Waals surface area contributed by atoms with E-state index in [1.807, 2.05) is 0 Å². The van der Waals surface area contributed by atoms with E-state index in [0.29, 0.717) is 5.92 Å². The first kappa shape index (κ1) is 10.4. The first-order chi connectivity index (χ1) is 8.00. The van der Waals surface area contributed by atoms with Crippen LogP contribution in [0.4, 0.5) is 13.2 Å². The van der Waals surface area contributed by atoms with Crippen molar-refractivity contribution < 1.29 is 18.3 Å². The first-order valence-electron chi connectivity index (χ1n) is 6.37. The fourth-order valence-electron chi connectivity index (χ4n) is 5.78. The third-order valence-electron chi connectivity index (χ3n) is 6.14.